The smallest absolute Gasteiger partial charge is 0.319 e. The molecule has 0 radical (unpaired) electrons. The summed E-state index contributed by atoms with van der Waals surface area (Å²) in [5.41, 5.74) is 7.14. The van der Waals surface area contributed by atoms with E-state index in [2.05, 4.69) is 15.5 Å². The van der Waals surface area contributed by atoms with E-state index in [1.807, 2.05) is 43.3 Å². The van der Waals surface area contributed by atoms with Crippen molar-refractivity contribution in [1.29, 1.82) is 0 Å². The number of hydrogen-bond acceptors (Lipinski definition) is 4. The van der Waals surface area contributed by atoms with Crippen LogP contribution in [0.25, 0.3) is 0 Å². The number of piperidine rings is 1. The summed E-state index contributed by atoms with van der Waals surface area (Å²) in [5.74, 6) is -0.241. The first-order valence-corrected chi connectivity index (χ1v) is 8.80. The topological polar surface area (TPSA) is 90.7 Å². The number of hydrogen-bond donors (Lipinski definition) is 3. The number of urea groups is 1. The number of likely N-dealkylation sites (tertiary alicyclic amines) is 1. The molecule has 1 aliphatic rings. The maximum absolute atomic E-state index is 12.1. The van der Waals surface area contributed by atoms with Crippen LogP contribution in [0.15, 0.2) is 24.3 Å². The third-order valence-corrected chi connectivity index (χ3v) is 4.48. The van der Waals surface area contributed by atoms with Crippen LogP contribution in [0.2, 0.25) is 0 Å². The van der Waals surface area contributed by atoms with Gasteiger partial charge < -0.3 is 26.2 Å². The summed E-state index contributed by atoms with van der Waals surface area (Å²) in [7, 11) is 3.88. The van der Waals surface area contributed by atoms with Crippen molar-refractivity contribution in [2.75, 3.05) is 50.5 Å². The Balaban J connectivity index is 1.70. The fourth-order valence-corrected chi connectivity index (χ4v) is 3.13. The third kappa shape index (κ3) is 5.94. The van der Waals surface area contributed by atoms with E-state index in [1.54, 1.807) is 0 Å². The number of nitrogens with zero attached hydrogens (tertiary/aromatic N) is 2. The molecule has 1 heterocycles. The Morgan fingerprint density at radius 1 is 1.32 bits per heavy atom. The molecule has 0 unspecified atom stereocenters. The van der Waals surface area contributed by atoms with Gasteiger partial charge in [-0.2, -0.15) is 0 Å². The molecule has 25 heavy (non-hydrogen) atoms. The average Bonchev–Trinajstić information content (AvgIpc) is 2.59. The van der Waals surface area contributed by atoms with E-state index in [0.717, 1.165) is 50.3 Å². The van der Waals surface area contributed by atoms with Gasteiger partial charge in [0.15, 0.2) is 0 Å². The van der Waals surface area contributed by atoms with Crippen LogP contribution in [-0.4, -0.2) is 57.1 Å². The van der Waals surface area contributed by atoms with Crippen molar-refractivity contribution in [1.82, 2.24) is 10.2 Å². The lowest BCUT2D eigenvalue weighted by Gasteiger charge is -2.31. The van der Waals surface area contributed by atoms with Gasteiger partial charge in [0.25, 0.3) is 0 Å². The van der Waals surface area contributed by atoms with Crippen LogP contribution < -0.4 is 21.3 Å². The minimum atomic E-state index is -0.207. The average molecular weight is 347 g/mol. The molecule has 2 rings (SSSR count). The van der Waals surface area contributed by atoms with Crippen LogP contribution in [0.3, 0.4) is 0 Å². The fourth-order valence-electron chi connectivity index (χ4n) is 3.13. The molecule has 4 N–H and O–H groups in total. The number of anilines is 2. The number of nitrogens with one attached hydrogen (secondary N) is 2. The Bertz CT molecular complexity index is 591. The van der Waals surface area contributed by atoms with E-state index in [9.17, 15) is 9.59 Å². The van der Waals surface area contributed by atoms with Crippen LogP contribution in [-0.2, 0) is 4.79 Å². The summed E-state index contributed by atoms with van der Waals surface area (Å²) in [5, 5.41) is 5.77. The molecule has 0 saturated carbocycles. The Kier molecular flexibility index (Phi) is 7.06. The lowest BCUT2D eigenvalue weighted by atomic mass is 9.97. The summed E-state index contributed by atoms with van der Waals surface area (Å²) >= 11 is 0. The summed E-state index contributed by atoms with van der Waals surface area (Å²) in [6.45, 7) is 3.18. The van der Waals surface area contributed by atoms with Gasteiger partial charge in [-0.15, -0.1) is 0 Å². The number of benzene rings is 1. The number of carbonyl (C=O) groups excluding carboxylic acids is 2. The number of amides is 3. The second-order valence-corrected chi connectivity index (χ2v) is 6.69. The summed E-state index contributed by atoms with van der Waals surface area (Å²) in [4.78, 5) is 27.6. The van der Waals surface area contributed by atoms with Crippen LogP contribution in [0.4, 0.5) is 16.2 Å². The standard InChI is InChI=1S/C18H29N5O2/c1-22(2)16-9-4-3-8-15(16)21-18(25)20-10-6-12-23-11-5-7-14(13-23)17(19)24/h3-4,8-9,14H,5-7,10-13H2,1-2H3,(H2,19,24)(H2,20,21,25)/t14-/m0/s1. The lowest BCUT2D eigenvalue weighted by Crippen LogP contribution is -2.42. The van der Waals surface area contributed by atoms with Crippen molar-refractivity contribution in [2.24, 2.45) is 11.7 Å². The molecule has 7 heteroatoms. The molecule has 138 valence electrons. The predicted octanol–water partition coefficient (Wildman–Crippen LogP) is 1.46. The Labute approximate surface area is 149 Å². The first kappa shape index (κ1) is 19.1. The first-order valence-electron chi connectivity index (χ1n) is 8.80. The van der Waals surface area contributed by atoms with Crippen molar-refractivity contribution < 1.29 is 9.59 Å². The van der Waals surface area contributed by atoms with Gasteiger partial charge in [-0.05, 0) is 44.5 Å². The monoisotopic (exact) mass is 347 g/mol. The molecule has 1 fully saturated rings. The Morgan fingerprint density at radius 2 is 2.08 bits per heavy atom. The molecule has 0 aliphatic carbocycles. The number of para-hydroxylation sites is 2. The van der Waals surface area contributed by atoms with E-state index in [1.165, 1.54) is 0 Å². The third-order valence-electron chi connectivity index (χ3n) is 4.48. The van der Waals surface area contributed by atoms with Gasteiger partial charge in [0.05, 0.1) is 17.3 Å². The molecule has 3 amide bonds. The second-order valence-electron chi connectivity index (χ2n) is 6.69. The second kappa shape index (κ2) is 9.27. The minimum Gasteiger partial charge on any atom is -0.376 e. The Morgan fingerprint density at radius 3 is 2.80 bits per heavy atom. The van der Waals surface area contributed by atoms with E-state index in [-0.39, 0.29) is 17.9 Å². The van der Waals surface area contributed by atoms with Crippen molar-refractivity contribution in [3.05, 3.63) is 24.3 Å². The van der Waals surface area contributed by atoms with Crippen LogP contribution in [0, 0.1) is 5.92 Å². The molecule has 7 nitrogen and oxygen atoms in total. The highest BCUT2D eigenvalue weighted by molar-refractivity contribution is 5.93. The van der Waals surface area contributed by atoms with Crippen molar-refractivity contribution in [3.63, 3.8) is 0 Å². The summed E-state index contributed by atoms with van der Waals surface area (Å²) < 4.78 is 0. The van der Waals surface area contributed by atoms with Gasteiger partial charge in [0.1, 0.15) is 0 Å². The highest BCUT2D eigenvalue weighted by atomic mass is 16.2. The number of primary amides is 1. The van der Waals surface area contributed by atoms with Gasteiger partial charge >= 0.3 is 6.03 Å². The molecule has 0 bridgehead atoms. The molecular weight excluding hydrogens is 318 g/mol. The molecular formula is C18H29N5O2. The van der Waals surface area contributed by atoms with Crippen molar-refractivity contribution in [3.8, 4) is 0 Å². The van der Waals surface area contributed by atoms with Crippen molar-refractivity contribution in [2.45, 2.75) is 19.3 Å². The van der Waals surface area contributed by atoms with Gasteiger partial charge in [-0.25, -0.2) is 4.79 Å². The van der Waals surface area contributed by atoms with Gasteiger partial charge in [-0.3, -0.25) is 4.79 Å². The number of carbonyl (C=O) groups is 2. The first-order chi connectivity index (χ1) is 12.0. The van der Waals surface area contributed by atoms with Gasteiger partial charge in [-0.1, -0.05) is 12.1 Å². The highest BCUT2D eigenvalue weighted by Crippen LogP contribution is 2.23. The molecule has 1 aromatic carbocycles. The normalized spacial score (nSPS) is 17.8. The molecule has 0 aromatic heterocycles. The molecule has 1 aromatic rings. The SMILES string of the molecule is CN(C)c1ccccc1NC(=O)NCCCN1CCC[C@H](C(N)=O)C1. The Hall–Kier alpha value is -2.28. The van der Waals surface area contributed by atoms with E-state index < -0.39 is 0 Å². The van der Waals surface area contributed by atoms with Crippen LogP contribution in [0.1, 0.15) is 19.3 Å². The molecule has 1 saturated heterocycles. The minimum absolute atomic E-state index is 0.0347. The summed E-state index contributed by atoms with van der Waals surface area (Å²) in [6, 6.07) is 7.47. The van der Waals surface area contributed by atoms with E-state index >= 15 is 0 Å². The van der Waals surface area contributed by atoms with Crippen molar-refractivity contribution >= 4 is 23.3 Å². The zero-order chi connectivity index (χ0) is 18.2. The van der Waals surface area contributed by atoms with Crippen LogP contribution >= 0.6 is 0 Å². The zero-order valence-corrected chi connectivity index (χ0v) is 15.1. The quantitative estimate of drug-likeness (QED) is 0.651. The predicted molar refractivity (Wildman–Crippen MR) is 101 cm³/mol. The lowest BCUT2D eigenvalue weighted by molar-refractivity contribution is -0.123. The van der Waals surface area contributed by atoms with Gasteiger partial charge in [0, 0.05) is 27.2 Å². The number of nitrogens with two attached hydrogens (primary N) is 1. The largest absolute Gasteiger partial charge is 0.376 e. The van der Waals surface area contributed by atoms with E-state index in [4.69, 9.17) is 5.73 Å². The highest BCUT2D eigenvalue weighted by Gasteiger charge is 2.23. The molecule has 0 spiro atoms. The molecule has 1 atom stereocenters. The maximum Gasteiger partial charge on any atom is 0.319 e. The zero-order valence-electron chi connectivity index (χ0n) is 15.1. The van der Waals surface area contributed by atoms with Gasteiger partial charge in [0.2, 0.25) is 5.91 Å². The summed E-state index contributed by atoms with van der Waals surface area (Å²) in [6.07, 6.45) is 2.73. The maximum atomic E-state index is 12.1. The fraction of sp³-hybridized carbons (Fsp3) is 0.556. The van der Waals surface area contributed by atoms with Crippen LogP contribution in [0.5, 0.6) is 0 Å². The molecule has 1 aliphatic heterocycles. The van der Waals surface area contributed by atoms with E-state index in [0.29, 0.717) is 6.54 Å². The number of rotatable bonds is 7.